The molecule has 344 valence electrons. The highest BCUT2D eigenvalue weighted by Gasteiger charge is 2.61. The molecule has 0 unspecified atom stereocenters. The minimum atomic E-state index is -5.83. The quantitative estimate of drug-likeness (QED) is 0.0285. The van der Waals surface area contributed by atoms with Crippen LogP contribution in [-0.4, -0.2) is 80.5 Å². The number of hydrogen-bond acceptors (Lipinski definition) is 5. The average Bonchev–Trinajstić information content (AvgIpc) is 3.05. The first-order valence-corrected chi connectivity index (χ1v) is 27.1. The molecule has 0 aliphatic carbocycles. The monoisotopic (exact) mass is 906 g/mol. The fourth-order valence-electron chi connectivity index (χ4n) is 8.74. The lowest BCUT2D eigenvalue weighted by atomic mass is 10.0. The molecule has 0 amide bonds. The van der Waals surface area contributed by atoms with Crippen LogP contribution in [-0.2, 0) is 22.8 Å². The van der Waals surface area contributed by atoms with Gasteiger partial charge in [-0.1, -0.05) is 103 Å². The summed E-state index contributed by atoms with van der Waals surface area (Å²) in [5, 5.41) is 0. The van der Waals surface area contributed by atoms with Gasteiger partial charge >= 0.3 is 30.2 Å². The van der Waals surface area contributed by atoms with Crippen LogP contribution in [0.5, 0.6) is 0 Å². The number of carbonyl (C=O) groups excluding carboxylic acids is 1. The molecule has 0 saturated carbocycles. The van der Waals surface area contributed by atoms with Gasteiger partial charge in [0.2, 0.25) is 8.32 Å². The number of hydrogen-bond donors (Lipinski definition) is 0. The van der Waals surface area contributed by atoms with Crippen molar-refractivity contribution in [2.45, 2.75) is 216 Å². The Kier molecular flexibility index (Phi) is 21.8. The van der Waals surface area contributed by atoms with Crippen molar-refractivity contribution < 1.29 is 66.7 Å². The van der Waals surface area contributed by atoms with Crippen LogP contribution in [0.4, 0.5) is 43.9 Å². The summed E-state index contributed by atoms with van der Waals surface area (Å²) in [4.78, 5) is 12.7. The predicted octanol–water partition coefficient (Wildman–Crippen LogP) is 14.7. The second-order valence-corrected chi connectivity index (χ2v) is 33.2. The predicted molar refractivity (Wildman–Crippen MR) is 219 cm³/mol. The van der Waals surface area contributed by atoms with Gasteiger partial charge in [-0.3, -0.25) is 0 Å². The smallest absolute Gasteiger partial charge is 0.453 e. The minimum absolute atomic E-state index is 0.0632. The lowest BCUT2D eigenvalue weighted by molar-refractivity contribution is -0.283. The second-order valence-electron chi connectivity index (χ2n) is 17.9. The average molecular weight is 907 g/mol. The Labute approximate surface area is 344 Å². The van der Waals surface area contributed by atoms with E-state index >= 15 is 0 Å². The van der Waals surface area contributed by atoms with Crippen LogP contribution >= 0.6 is 0 Å². The van der Waals surface area contributed by atoms with E-state index in [1.165, 1.54) is 6.08 Å². The number of alkyl halides is 10. The Hall–Kier alpha value is -1.22. The SMILES string of the molecule is C=CC[C@@H](C[C@@H](O[Si](CCC(F)(F)C(F)(F)F)(C(C)C)C(C)C)[C@@H](C=CC(=O)OC)O[Si](CCC(F)(F)C(F)(F)F)(C(C)C)C(C)C)O[Si](C(C)C)(C(C)C)C(C)C. The van der Waals surface area contributed by atoms with Crippen molar-refractivity contribution in [2.24, 2.45) is 0 Å². The Bertz CT molecular complexity index is 1250. The summed E-state index contributed by atoms with van der Waals surface area (Å²) in [5.74, 6) is -10.9. The summed E-state index contributed by atoms with van der Waals surface area (Å²) >= 11 is 0. The third-order valence-corrected chi connectivity index (χ3v) is 29.6. The van der Waals surface area contributed by atoms with Gasteiger partial charge in [0.05, 0.1) is 25.4 Å². The molecule has 0 N–H and O–H groups in total. The molecule has 0 rings (SSSR count). The second kappa shape index (κ2) is 22.2. The van der Waals surface area contributed by atoms with Crippen molar-refractivity contribution in [1.29, 1.82) is 0 Å². The number of carbonyl (C=O) groups is 1. The standard InChI is InChI=1S/C40H72F10O5Si3/c1-17-18-33(53-58(30(10)11,31(12)13)32(14)15)25-35(55-57(28(6)7,29(8)9)24-22-38(43,44)40(48,49)50)34(19-20-36(51)52-16)54-56(26(2)3,27(4)5)23-21-37(41,42)39(45,46)47/h17,19-20,26-35H,1,18,21-25H2,2-16H3/t33-,34+,35+/m0/s1. The van der Waals surface area contributed by atoms with Gasteiger partial charge in [-0.25, -0.2) is 4.79 Å². The fraction of sp³-hybridized carbons (Fsp3) is 0.875. The zero-order valence-corrected chi connectivity index (χ0v) is 40.3. The molecule has 58 heavy (non-hydrogen) atoms. The highest BCUT2D eigenvalue weighted by molar-refractivity contribution is 6.78. The van der Waals surface area contributed by atoms with Crippen molar-refractivity contribution in [2.75, 3.05) is 7.11 Å². The topological polar surface area (TPSA) is 54.0 Å². The molecular formula is C40H72F10O5Si3. The van der Waals surface area contributed by atoms with Crippen LogP contribution in [0.25, 0.3) is 0 Å². The first-order valence-electron chi connectivity index (χ1n) is 20.4. The van der Waals surface area contributed by atoms with Crippen molar-refractivity contribution in [3.8, 4) is 0 Å². The zero-order chi connectivity index (χ0) is 46.0. The van der Waals surface area contributed by atoms with Gasteiger partial charge in [-0.15, -0.1) is 6.58 Å². The molecule has 0 aliphatic heterocycles. The van der Waals surface area contributed by atoms with Gasteiger partial charge in [0.1, 0.15) is 0 Å². The molecule has 5 nitrogen and oxygen atoms in total. The van der Waals surface area contributed by atoms with E-state index in [1.807, 2.05) is 0 Å². The lowest BCUT2D eigenvalue weighted by Crippen LogP contribution is -2.56. The molecule has 0 spiro atoms. The molecule has 0 bridgehead atoms. The molecule has 0 radical (unpaired) electrons. The molecule has 18 heteroatoms. The van der Waals surface area contributed by atoms with E-state index in [0.717, 1.165) is 13.2 Å². The summed E-state index contributed by atoms with van der Waals surface area (Å²) in [7, 11) is -9.16. The van der Waals surface area contributed by atoms with Crippen molar-refractivity contribution >= 4 is 30.9 Å². The molecular weight excluding hydrogens is 835 g/mol. The normalized spacial score (nSPS) is 16.2. The van der Waals surface area contributed by atoms with E-state index in [-0.39, 0.29) is 29.5 Å². The van der Waals surface area contributed by atoms with Crippen LogP contribution < -0.4 is 0 Å². The molecule has 3 atom stereocenters. The molecule has 0 aromatic heterocycles. The maximum Gasteiger partial charge on any atom is 0.453 e. The van der Waals surface area contributed by atoms with Gasteiger partial charge in [-0.2, -0.15) is 43.9 Å². The van der Waals surface area contributed by atoms with Crippen LogP contribution in [0, 0.1) is 0 Å². The largest absolute Gasteiger partial charge is 0.466 e. The maximum atomic E-state index is 14.7. The van der Waals surface area contributed by atoms with Crippen LogP contribution in [0.15, 0.2) is 24.8 Å². The number of methoxy groups -OCH3 is 1. The van der Waals surface area contributed by atoms with Crippen LogP contribution in [0.1, 0.15) is 123 Å². The molecule has 0 aromatic carbocycles. The molecule has 0 saturated heterocycles. The molecule has 0 heterocycles. The van der Waals surface area contributed by atoms with E-state index in [0.29, 0.717) is 0 Å². The third-order valence-electron chi connectivity index (χ3n) is 12.1. The Balaban J connectivity index is 8.28. The fourth-order valence-corrected chi connectivity index (χ4v) is 23.6. The highest BCUT2D eigenvalue weighted by Crippen LogP contribution is 2.50. The highest BCUT2D eigenvalue weighted by atomic mass is 28.4. The third kappa shape index (κ3) is 14.2. The van der Waals surface area contributed by atoms with Crippen LogP contribution in [0.3, 0.4) is 0 Å². The van der Waals surface area contributed by atoms with E-state index in [9.17, 15) is 48.7 Å². The van der Waals surface area contributed by atoms with Crippen molar-refractivity contribution in [1.82, 2.24) is 0 Å². The van der Waals surface area contributed by atoms with Crippen molar-refractivity contribution in [3.63, 3.8) is 0 Å². The summed E-state index contributed by atoms with van der Waals surface area (Å²) in [6.45, 7) is 29.7. The first kappa shape index (κ1) is 56.8. The Morgan fingerprint density at radius 2 is 0.948 bits per heavy atom. The number of esters is 1. The summed E-state index contributed by atoms with van der Waals surface area (Å²) < 4.78 is 166. The van der Waals surface area contributed by atoms with E-state index in [4.69, 9.17) is 18.0 Å². The van der Waals surface area contributed by atoms with Crippen LogP contribution in [0.2, 0.25) is 50.9 Å². The van der Waals surface area contributed by atoms with E-state index in [2.05, 4.69) is 48.1 Å². The Morgan fingerprint density at radius 3 is 1.24 bits per heavy atom. The van der Waals surface area contributed by atoms with Crippen molar-refractivity contribution in [3.05, 3.63) is 24.8 Å². The minimum Gasteiger partial charge on any atom is -0.466 e. The lowest BCUT2D eigenvalue weighted by Gasteiger charge is -2.49. The van der Waals surface area contributed by atoms with Gasteiger partial charge in [0.15, 0.2) is 16.6 Å². The molecule has 0 aromatic rings. The Morgan fingerprint density at radius 1 is 0.586 bits per heavy atom. The summed E-state index contributed by atoms with van der Waals surface area (Å²) in [6.07, 6.45) is -14.0. The number of ether oxygens (including phenoxy) is 1. The van der Waals surface area contributed by atoms with Gasteiger partial charge in [-0.05, 0) is 63.4 Å². The molecule has 0 fully saturated rings. The van der Waals surface area contributed by atoms with Gasteiger partial charge in [0, 0.05) is 25.3 Å². The number of halogens is 10. The zero-order valence-electron chi connectivity index (χ0n) is 37.3. The van der Waals surface area contributed by atoms with E-state index in [1.54, 1.807) is 61.5 Å². The summed E-state index contributed by atoms with van der Waals surface area (Å²) in [5.41, 5.74) is -1.98. The maximum absolute atomic E-state index is 14.7. The van der Waals surface area contributed by atoms with Gasteiger partial charge in [0.25, 0.3) is 0 Å². The van der Waals surface area contributed by atoms with E-state index < -0.39 is 121 Å². The molecule has 0 aliphatic rings. The first-order chi connectivity index (χ1) is 26.1. The number of rotatable bonds is 26. The van der Waals surface area contributed by atoms with Gasteiger partial charge < -0.3 is 18.0 Å². The summed E-state index contributed by atoms with van der Waals surface area (Å²) in [6, 6.07) is -1.29.